The van der Waals surface area contributed by atoms with Crippen LogP contribution in [-0.4, -0.2) is 16.2 Å². The van der Waals surface area contributed by atoms with E-state index in [-0.39, 0.29) is 0 Å². The van der Waals surface area contributed by atoms with Gasteiger partial charge in [0, 0.05) is 17.9 Å². The van der Waals surface area contributed by atoms with Gasteiger partial charge in [0.1, 0.15) is 0 Å². The van der Waals surface area contributed by atoms with Gasteiger partial charge in [-0.15, -0.1) is 0 Å². The van der Waals surface area contributed by atoms with E-state index >= 15 is 0 Å². The van der Waals surface area contributed by atoms with E-state index in [1.54, 1.807) is 0 Å². The lowest BCUT2D eigenvalue weighted by Crippen LogP contribution is -2.14. The van der Waals surface area contributed by atoms with Gasteiger partial charge >= 0.3 is 0 Å². The maximum Gasteiger partial charge on any atom is 0.229 e. The largest absolute Gasteiger partial charge is 0.339 e. The Balaban J connectivity index is 1.62. The van der Waals surface area contributed by atoms with Crippen molar-refractivity contribution in [2.75, 3.05) is 0 Å². The normalized spacial score (nSPS) is 28.5. The van der Waals surface area contributed by atoms with Crippen molar-refractivity contribution in [3.05, 3.63) is 47.1 Å². The van der Waals surface area contributed by atoms with E-state index in [9.17, 15) is 0 Å². The van der Waals surface area contributed by atoms with Crippen LogP contribution in [0, 0.1) is 0 Å². The van der Waals surface area contributed by atoms with Crippen molar-refractivity contribution in [1.29, 1.82) is 0 Å². The molecule has 1 saturated carbocycles. The minimum Gasteiger partial charge on any atom is -0.339 e. The standard InChI is InChI=1S/C17H21N3O/c18-13-9-8-12(10-13)17-19-16(20-21-17)15-7-3-5-11-4-1-2-6-14(11)15/h1-2,4,6,12-13,15H,3,5,7-10,18H2. The monoisotopic (exact) mass is 283 g/mol. The van der Waals surface area contributed by atoms with Crippen LogP contribution in [0.3, 0.4) is 0 Å². The fourth-order valence-corrected chi connectivity index (χ4v) is 3.82. The van der Waals surface area contributed by atoms with E-state index in [1.165, 1.54) is 17.5 Å². The molecule has 4 nitrogen and oxygen atoms in total. The number of rotatable bonds is 2. The Morgan fingerprint density at radius 2 is 2.05 bits per heavy atom. The zero-order chi connectivity index (χ0) is 14.2. The third-order valence-corrected chi connectivity index (χ3v) is 4.96. The molecule has 3 atom stereocenters. The molecule has 0 radical (unpaired) electrons. The number of hydrogen-bond acceptors (Lipinski definition) is 4. The van der Waals surface area contributed by atoms with Crippen LogP contribution >= 0.6 is 0 Å². The molecular weight excluding hydrogens is 262 g/mol. The number of fused-ring (bicyclic) bond motifs is 1. The van der Waals surface area contributed by atoms with Gasteiger partial charge in [-0.2, -0.15) is 4.98 Å². The third kappa shape index (κ3) is 2.38. The molecule has 3 unspecified atom stereocenters. The molecule has 0 bridgehead atoms. The van der Waals surface area contributed by atoms with Crippen LogP contribution in [0.2, 0.25) is 0 Å². The van der Waals surface area contributed by atoms with Gasteiger partial charge in [-0.25, -0.2) is 0 Å². The number of benzene rings is 1. The van der Waals surface area contributed by atoms with Crippen LogP contribution in [0.5, 0.6) is 0 Å². The molecule has 1 heterocycles. The first kappa shape index (κ1) is 13.0. The summed E-state index contributed by atoms with van der Waals surface area (Å²) in [7, 11) is 0. The van der Waals surface area contributed by atoms with Crippen molar-refractivity contribution in [2.24, 2.45) is 5.73 Å². The summed E-state index contributed by atoms with van der Waals surface area (Å²) in [6, 6.07) is 8.94. The van der Waals surface area contributed by atoms with Gasteiger partial charge in [-0.1, -0.05) is 29.4 Å². The highest BCUT2D eigenvalue weighted by Gasteiger charge is 2.30. The first-order valence-corrected chi connectivity index (χ1v) is 7.98. The third-order valence-electron chi connectivity index (χ3n) is 4.96. The molecule has 4 rings (SSSR count). The van der Waals surface area contributed by atoms with E-state index in [4.69, 9.17) is 15.2 Å². The Labute approximate surface area is 124 Å². The molecule has 0 amide bonds. The van der Waals surface area contributed by atoms with Gasteiger partial charge in [0.15, 0.2) is 5.82 Å². The van der Waals surface area contributed by atoms with Crippen LogP contribution in [0.4, 0.5) is 0 Å². The SMILES string of the molecule is NC1CCC(c2nc(C3CCCc4ccccc43)no2)C1. The van der Waals surface area contributed by atoms with Crippen LogP contribution in [0.25, 0.3) is 0 Å². The second kappa shape index (κ2) is 5.26. The lowest BCUT2D eigenvalue weighted by atomic mass is 9.82. The minimum atomic E-state index is 0.292. The first-order valence-electron chi connectivity index (χ1n) is 7.98. The topological polar surface area (TPSA) is 64.9 Å². The molecule has 1 aromatic carbocycles. The highest BCUT2D eigenvalue weighted by Crippen LogP contribution is 2.37. The Morgan fingerprint density at radius 3 is 2.90 bits per heavy atom. The highest BCUT2D eigenvalue weighted by molar-refractivity contribution is 5.36. The van der Waals surface area contributed by atoms with Crippen LogP contribution in [-0.2, 0) is 6.42 Å². The number of hydrogen-bond donors (Lipinski definition) is 1. The van der Waals surface area contributed by atoms with Gasteiger partial charge in [-0.3, -0.25) is 0 Å². The molecule has 4 heteroatoms. The van der Waals surface area contributed by atoms with Crippen LogP contribution in [0.1, 0.15) is 66.8 Å². The molecule has 2 aliphatic carbocycles. The van der Waals surface area contributed by atoms with Gasteiger partial charge in [0.25, 0.3) is 0 Å². The van der Waals surface area contributed by atoms with E-state index in [0.717, 1.165) is 43.8 Å². The molecule has 110 valence electrons. The van der Waals surface area contributed by atoms with Crippen molar-refractivity contribution in [1.82, 2.24) is 10.1 Å². The van der Waals surface area contributed by atoms with Gasteiger partial charge in [0.05, 0.1) is 0 Å². The predicted octanol–water partition coefficient (Wildman–Crippen LogP) is 3.13. The van der Waals surface area contributed by atoms with Crippen molar-refractivity contribution < 1.29 is 4.52 Å². The molecule has 2 N–H and O–H groups in total. The maximum absolute atomic E-state index is 5.99. The molecule has 0 spiro atoms. The molecule has 21 heavy (non-hydrogen) atoms. The lowest BCUT2D eigenvalue weighted by molar-refractivity contribution is 0.347. The minimum absolute atomic E-state index is 0.292. The van der Waals surface area contributed by atoms with E-state index < -0.39 is 0 Å². The average Bonchev–Trinajstić information content (AvgIpc) is 3.15. The Morgan fingerprint density at radius 1 is 1.14 bits per heavy atom. The van der Waals surface area contributed by atoms with Gasteiger partial charge < -0.3 is 10.3 Å². The summed E-state index contributed by atoms with van der Waals surface area (Å²) in [4.78, 5) is 4.72. The zero-order valence-electron chi connectivity index (χ0n) is 12.2. The first-order chi connectivity index (χ1) is 10.3. The fraction of sp³-hybridized carbons (Fsp3) is 0.529. The second-order valence-electron chi connectivity index (χ2n) is 6.40. The van der Waals surface area contributed by atoms with Gasteiger partial charge in [0.2, 0.25) is 5.89 Å². The Kier molecular flexibility index (Phi) is 3.26. The van der Waals surface area contributed by atoms with Crippen molar-refractivity contribution in [2.45, 2.75) is 56.4 Å². The van der Waals surface area contributed by atoms with Crippen molar-refractivity contribution >= 4 is 0 Å². The lowest BCUT2D eigenvalue weighted by Gasteiger charge is -2.22. The van der Waals surface area contributed by atoms with Crippen LogP contribution in [0.15, 0.2) is 28.8 Å². The number of nitrogens with zero attached hydrogens (tertiary/aromatic N) is 2. The Bertz CT molecular complexity index is 636. The molecule has 0 saturated heterocycles. The summed E-state index contributed by atoms with van der Waals surface area (Å²) in [5.74, 6) is 2.31. The van der Waals surface area contributed by atoms with Crippen molar-refractivity contribution in [3.8, 4) is 0 Å². The molecule has 2 aromatic rings. The summed E-state index contributed by atoms with van der Waals surface area (Å²) >= 11 is 0. The predicted molar refractivity (Wildman–Crippen MR) is 80.1 cm³/mol. The molecule has 0 aliphatic heterocycles. The smallest absolute Gasteiger partial charge is 0.229 e. The van der Waals surface area contributed by atoms with Gasteiger partial charge in [-0.05, 0) is 49.7 Å². The summed E-state index contributed by atoms with van der Waals surface area (Å²) in [5.41, 5.74) is 8.79. The summed E-state index contributed by atoms with van der Waals surface area (Å²) in [6.45, 7) is 0. The Hall–Kier alpha value is -1.68. The van der Waals surface area contributed by atoms with Crippen LogP contribution < -0.4 is 5.73 Å². The molecule has 1 aromatic heterocycles. The average molecular weight is 283 g/mol. The second-order valence-corrected chi connectivity index (χ2v) is 6.40. The van der Waals surface area contributed by atoms with E-state index in [1.807, 2.05) is 0 Å². The molecular formula is C17H21N3O. The zero-order valence-corrected chi connectivity index (χ0v) is 12.2. The van der Waals surface area contributed by atoms with Crippen molar-refractivity contribution in [3.63, 3.8) is 0 Å². The summed E-state index contributed by atoms with van der Waals surface area (Å²) < 4.78 is 5.55. The summed E-state index contributed by atoms with van der Waals surface area (Å²) in [5, 5.41) is 4.28. The quantitative estimate of drug-likeness (QED) is 0.919. The molecule has 1 fully saturated rings. The maximum atomic E-state index is 5.99. The number of aromatic nitrogens is 2. The van der Waals surface area contributed by atoms with E-state index in [0.29, 0.717) is 17.9 Å². The fourth-order valence-electron chi connectivity index (χ4n) is 3.82. The number of nitrogens with two attached hydrogens (primary N) is 1. The highest BCUT2D eigenvalue weighted by atomic mass is 16.5. The molecule has 2 aliphatic rings. The number of aryl methyl sites for hydroxylation is 1. The summed E-state index contributed by atoms with van der Waals surface area (Å²) in [6.07, 6.45) is 6.58. The van der Waals surface area contributed by atoms with E-state index in [2.05, 4.69) is 29.4 Å².